The predicted octanol–water partition coefficient (Wildman–Crippen LogP) is -0.159. The summed E-state index contributed by atoms with van der Waals surface area (Å²) in [5.41, 5.74) is 10.8. The van der Waals surface area contributed by atoms with Gasteiger partial charge in [-0.2, -0.15) is 0 Å². The summed E-state index contributed by atoms with van der Waals surface area (Å²) >= 11 is 0. The van der Waals surface area contributed by atoms with Gasteiger partial charge < -0.3 is 16.2 Å². The van der Waals surface area contributed by atoms with Crippen molar-refractivity contribution in [1.29, 1.82) is 0 Å². The molecule has 0 aliphatic carbocycles. The van der Waals surface area contributed by atoms with Gasteiger partial charge in [-0.15, -0.1) is 0 Å². The second-order valence-corrected chi connectivity index (χ2v) is 3.81. The van der Waals surface area contributed by atoms with Crippen LogP contribution in [0.5, 0.6) is 0 Å². The molecule has 0 spiro atoms. The lowest BCUT2D eigenvalue weighted by molar-refractivity contribution is -0.384. The summed E-state index contributed by atoms with van der Waals surface area (Å²) in [4.78, 5) is 31.8. The second kappa shape index (κ2) is 6.45. The molecule has 0 bridgehead atoms. The minimum atomic E-state index is -1.10. The van der Waals surface area contributed by atoms with Crippen molar-refractivity contribution in [2.75, 3.05) is 0 Å². The van der Waals surface area contributed by atoms with E-state index >= 15 is 0 Å². The van der Waals surface area contributed by atoms with Gasteiger partial charge in [0.2, 0.25) is 5.91 Å². The van der Waals surface area contributed by atoms with E-state index in [1.807, 2.05) is 0 Å². The lowest BCUT2D eigenvalue weighted by Crippen LogP contribution is -2.36. The number of rotatable bonds is 6. The molecule has 19 heavy (non-hydrogen) atoms. The molecule has 0 saturated heterocycles. The standard InChI is InChI=1S/C11H13N3O5/c12-9(5-10(13)15)11(16)19-6-7-1-3-8(4-2-7)14(17)18/h1-4,9H,5-6,12H2,(H2,13,15)/t9-/m0/s1. The third-order valence-electron chi connectivity index (χ3n) is 2.25. The predicted molar refractivity (Wildman–Crippen MR) is 64.7 cm³/mol. The molecule has 4 N–H and O–H groups in total. The van der Waals surface area contributed by atoms with Crippen LogP contribution >= 0.6 is 0 Å². The van der Waals surface area contributed by atoms with Crippen molar-refractivity contribution in [1.82, 2.24) is 0 Å². The Balaban J connectivity index is 2.50. The molecule has 1 aromatic carbocycles. The van der Waals surface area contributed by atoms with E-state index in [-0.39, 0.29) is 18.7 Å². The fraction of sp³-hybridized carbons (Fsp3) is 0.273. The number of benzene rings is 1. The summed E-state index contributed by atoms with van der Waals surface area (Å²) in [7, 11) is 0. The second-order valence-electron chi connectivity index (χ2n) is 3.81. The number of primary amides is 1. The Kier molecular flexibility index (Phi) is 4.95. The molecule has 0 aliphatic heterocycles. The third kappa shape index (κ3) is 4.72. The van der Waals surface area contributed by atoms with Gasteiger partial charge in [0.1, 0.15) is 12.6 Å². The molecule has 1 rings (SSSR count). The highest BCUT2D eigenvalue weighted by molar-refractivity contribution is 5.84. The summed E-state index contributed by atoms with van der Waals surface area (Å²) in [5.74, 6) is -1.45. The zero-order valence-electron chi connectivity index (χ0n) is 9.94. The van der Waals surface area contributed by atoms with Gasteiger partial charge in [-0.25, -0.2) is 0 Å². The number of non-ortho nitro benzene ring substituents is 1. The van der Waals surface area contributed by atoms with Crippen LogP contribution in [-0.4, -0.2) is 22.8 Å². The van der Waals surface area contributed by atoms with Gasteiger partial charge in [0.05, 0.1) is 11.3 Å². The van der Waals surface area contributed by atoms with E-state index in [4.69, 9.17) is 16.2 Å². The third-order valence-corrected chi connectivity index (χ3v) is 2.25. The minimum Gasteiger partial charge on any atom is -0.460 e. The summed E-state index contributed by atoms with van der Waals surface area (Å²) < 4.78 is 4.85. The SMILES string of the molecule is NC(=O)C[C@H](N)C(=O)OCc1ccc([N+](=O)[O-])cc1. The van der Waals surface area contributed by atoms with Crippen LogP contribution in [0, 0.1) is 10.1 Å². The fourth-order valence-electron chi connectivity index (χ4n) is 1.28. The number of nitrogens with two attached hydrogens (primary N) is 2. The van der Waals surface area contributed by atoms with Crippen LogP contribution in [0.25, 0.3) is 0 Å². The zero-order chi connectivity index (χ0) is 14.4. The molecule has 0 unspecified atom stereocenters. The minimum absolute atomic E-state index is 0.0551. The average Bonchev–Trinajstić information content (AvgIpc) is 2.35. The lowest BCUT2D eigenvalue weighted by Gasteiger charge is -2.09. The largest absolute Gasteiger partial charge is 0.460 e. The number of carbonyl (C=O) groups is 2. The molecule has 0 heterocycles. The van der Waals surface area contributed by atoms with E-state index < -0.39 is 22.8 Å². The van der Waals surface area contributed by atoms with E-state index in [0.29, 0.717) is 5.56 Å². The number of amides is 1. The first kappa shape index (κ1) is 14.6. The Morgan fingerprint density at radius 2 is 1.89 bits per heavy atom. The first-order valence-electron chi connectivity index (χ1n) is 5.34. The molecular formula is C11H13N3O5. The molecule has 1 atom stereocenters. The van der Waals surface area contributed by atoms with Gasteiger partial charge in [-0.3, -0.25) is 19.7 Å². The number of esters is 1. The van der Waals surface area contributed by atoms with E-state index in [0.717, 1.165) is 0 Å². The number of ether oxygens (including phenoxy) is 1. The van der Waals surface area contributed by atoms with Gasteiger partial charge in [-0.1, -0.05) is 0 Å². The Hall–Kier alpha value is -2.48. The van der Waals surface area contributed by atoms with Crippen molar-refractivity contribution in [2.45, 2.75) is 19.1 Å². The molecule has 0 aromatic heterocycles. The molecule has 1 aromatic rings. The normalized spacial score (nSPS) is 11.6. The number of nitrogens with zero attached hydrogens (tertiary/aromatic N) is 1. The highest BCUT2D eigenvalue weighted by Crippen LogP contribution is 2.12. The van der Waals surface area contributed by atoms with Crippen molar-refractivity contribution in [3.63, 3.8) is 0 Å². The maximum atomic E-state index is 11.4. The van der Waals surface area contributed by atoms with E-state index in [2.05, 4.69) is 0 Å². The number of carbonyl (C=O) groups excluding carboxylic acids is 2. The van der Waals surface area contributed by atoms with E-state index in [9.17, 15) is 19.7 Å². The molecule has 0 saturated carbocycles. The van der Waals surface area contributed by atoms with Crippen LogP contribution in [0.1, 0.15) is 12.0 Å². The smallest absolute Gasteiger partial charge is 0.323 e. The van der Waals surface area contributed by atoms with E-state index in [1.165, 1.54) is 24.3 Å². The Labute approximate surface area is 108 Å². The van der Waals surface area contributed by atoms with Crippen LogP contribution in [0.4, 0.5) is 5.69 Å². The molecule has 8 nitrogen and oxygen atoms in total. The molecular weight excluding hydrogens is 254 g/mol. The van der Waals surface area contributed by atoms with Gasteiger partial charge in [0.25, 0.3) is 5.69 Å². The number of nitro benzene ring substituents is 1. The van der Waals surface area contributed by atoms with Crippen LogP contribution in [0.3, 0.4) is 0 Å². The van der Waals surface area contributed by atoms with Gasteiger partial charge >= 0.3 is 5.97 Å². The maximum Gasteiger partial charge on any atom is 0.323 e. The fourth-order valence-corrected chi connectivity index (χ4v) is 1.28. The first-order valence-corrected chi connectivity index (χ1v) is 5.34. The van der Waals surface area contributed by atoms with Gasteiger partial charge in [-0.05, 0) is 17.7 Å². The van der Waals surface area contributed by atoms with Crippen LogP contribution in [-0.2, 0) is 20.9 Å². The average molecular weight is 267 g/mol. The molecule has 102 valence electrons. The molecule has 0 fully saturated rings. The number of hydrogen-bond donors (Lipinski definition) is 2. The van der Waals surface area contributed by atoms with Crippen molar-refractivity contribution >= 4 is 17.6 Å². The van der Waals surface area contributed by atoms with Crippen LogP contribution in [0.15, 0.2) is 24.3 Å². The number of hydrogen-bond acceptors (Lipinski definition) is 6. The maximum absolute atomic E-state index is 11.4. The highest BCUT2D eigenvalue weighted by Gasteiger charge is 2.17. The van der Waals surface area contributed by atoms with Gasteiger partial charge in [0.15, 0.2) is 0 Å². The zero-order valence-corrected chi connectivity index (χ0v) is 9.94. The highest BCUT2D eigenvalue weighted by atomic mass is 16.6. The lowest BCUT2D eigenvalue weighted by atomic mass is 10.2. The van der Waals surface area contributed by atoms with Crippen molar-refractivity contribution in [3.05, 3.63) is 39.9 Å². The molecule has 1 amide bonds. The van der Waals surface area contributed by atoms with Crippen molar-refractivity contribution in [3.8, 4) is 0 Å². The Morgan fingerprint density at radius 3 is 2.37 bits per heavy atom. The number of nitro groups is 1. The summed E-state index contributed by atoms with van der Waals surface area (Å²) in [6, 6.07) is 4.42. The molecule has 0 aliphatic rings. The Morgan fingerprint density at radius 1 is 1.32 bits per heavy atom. The van der Waals surface area contributed by atoms with Crippen LogP contribution < -0.4 is 11.5 Å². The summed E-state index contributed by atoms with van der Waals surface area (Å²) in [6.45, 7) is -0.0801. The monoisotopic (exact) mass is 267 g/mol. The Bertz CT molecular complexity index is 486. The topological polar surface area (TPSA) is 139 Å². The summed E-state index contributed by atoms with van der Waals surface area (Å²) in [5, 5.41) is 10.4. The van der Waals surface area contributed by atoms with Crippen LogP contribution in [0.2, 0.25) is 0 Å². The molecule has 0 radical (unpaired) electrons. The molecule has 8 heteroatoms. The first-order chi connectivity index (χ1) is 8.90. The van der Waals surface area contributed by atoms with Crippen molar-refractivity contribution < 1.29 is 19.2 Å². The van der Waals surface area contributed by atoms with E-state index in [1.54, 1.807) is 0 Å². The summed E-state index contributed by atoms with van der Waals surface area (Å²) in [6.07, 6.45) is -0.293. The quantitative estimate of drug-likeness (QED) is 0.417. The van der Waals surface area contributed by atoms with Gasteiger partial charge in [0, 0.05) is 12.1 Å². The van der Waals surface area contributed by atoms with Crippen molar-refractivity contribution in [2.24, 2.45) is 11.5 Å².